The number of rotatable bonds is 2. The Labute approximate surface area is 70.5 Å². The van der Waals surface area contributed by atoms with E-state index in [1.165, 1.54) is 0 Å². The van der Waals surface area contributed by atoms with Crippen molar-refractivity contribution in [3.8, 4) is 0 Å². The Balaban J connectivity index is 2.41. The molecule has 1 aliphatic rings. The molecule has 0 saturated carbocycles. The summed E-state index contributed by atoms with van der Waals surface area (Å²) in [6.45, 7) is -1.09. The summed E-state index contributed by atoms with van der Waals surface area (Å²) < 4.78 is 9.84. The van der Waals surface area contributed by atoms with E-state index >= 15 is 0 Å². The van der Waals surface area contributed by atoms with Crippen LogP contribution in [0.5, 0.6) is 0 Å². The highest BCUT2D eigenvalue weighted by Crippen LogP contribution is 2.19. The van der Waals surface area contributed by atoms with Crippen LogP contribution in [-0.4, -0.2) is 35.3 Å². The van der Waals surface area contributed by atoms with Crippen LogP contribution in [0.25, 0.3) is 0 Å². The Bertz CT molecular complexity index is 99.1. The van der Waals surface area contributed by atoms with Crippen molar-refractivity contribution in [2.24, 2.45) is 0 Å². The molecule has 0 bridgehead atoms. The molecule has 0 amide bonds. The molecule has 1 saturated heterocycles. The highest BCUT2D eigenvalue weighted by molar-refractivity contribution is 7.80. The zero-order valence-corrected chi connectivity index (χ0v) is 7.09. The smallest absolute Gasteiger partial charge is 0.269 e. The van der Waals surface area contributed by atoms with E-state index in [1.807, 2.05) is 0 Å². The van der Waals surface area contributed by atoms with E-state index in [-0.39, 0.29) is 12.2 Å². The minimum atomic E-state index is -1.09. The molecule has 3 nitrogen and oxygen atoms in total. The van der Waals surface area contributed by atoms with E-state index in [1.54, 1.807) is 0 Å². The van der Waals surface area contributed by atoms with Crippen molar-refractivity contribution in [1.29, 1.82) is 0 Å². The summed E-state index contributed by atoms with van der Waals surface area (Å²) in [6.07, 6.45) is -0.258. The highest BCUT2D eigenvalue weighted by atomic mass is 32.1. The van der Waals surface area contributed by atoms with Gasteiger partial charge in [-0.15, -0.1) is 0 Å². The van der Waals surface area contributed by atoms with Crippen molar-refractivity contribution < 1.29 is 14.6 Å². The molecule has 0 spiro atoms. The van der Waals surface area contributed by atoms with Gasteiger partial charge in [0.2, 0.25) is 0 Å². The first-order valence-electron chi connectivity index (χ1n) is 2.98. The van der Waals surface area contributed by atoms with Gasteiger partial charge in [0.05, 0.1) is 12.2 Å². The molecule has 2 atom stereocenters. The van der Waals surface area contributed by atoms with Crippen molar-refractivity contribution in [3.05, 3.63) is 0 Å². The highest BCUT2D eigenvalue weighted by Gasteiger charge is 2.32. The number of thiol groups is 2. The maximum atomic E-state index is 8.82. The Kier molecular flexibility index (Phi) is 3.32. The molecule has 60 valence electrons. The first-order chi connectivity index (χ1) is 4.77. The second-order valence-corrected chi connectivity index (χ2v) is 2.75. The summed E-state index contributed by atoms with van der Waals surface area (Å²) in [7, 11) is 0. The fourth-order valence-electron chi connectivity index (χ4n) is 0.828. The molecular weight excluding hydrogens is 172 g/mol. The van der Waals surface area contributed by atoms with Crippen molar-refractivity contribution in [2.45, 2.75) is 18.7 Å². The second-order valence-electron chi connectivity index (χ2n) is 2.02. The molecule has 0 aromatic rings. The number of aliphatic hydroxyl groups excluding tert-OH is 1. The summed E-state index contributed by atoms with van der Waals surface area (Å²) in [6, 6.07) is 0. The molecule has 10 heavy (non-hydrogen) atoms. The molecule has 0 aliphatic carbocycles. The lowest BCUT2D eigenvalue weighted by Gasteiger charge is -2.09. The lowest BCUT2D eigenvalue weighted by Crippen LogP contribution is -2.25. The van der Waals surface area contributed by atoms with Gasteiger partial charge in [0.1, 0.15) is 0 Å². The SMILES string of the molecule is OC1O[C@H](CS)[C@@H](CS)O1. The zero-order chi connectivity index (χ0) is 7.56. The molecule has 1 fully saturated rings. The van der Waals surface area contributed by atoms with Gasteiger partial charge in [-0.1, -0.05) is 0 Å². The van der Waals surface area contributed by atoms with E-state index < -0.39 is 6.48 Å². The van der Waals surface area contributed by atoms with Gasteiger partial charge in [0, 0.05) is 11.5 Å². The van der Waals surface area contributed by atoms with E-state index in [0.29, 0.717) is 11.5 Å². The zero-order valence-electron chi connectivity index (χ0n) is 5.30. The third-order valence-corrected chi connectivity index (χ3v) is 2.08. The van der Waals surface area contributed by atoms with Crippen LogP contribution in [0.4, 0.5) is 0 Å². The van der Waals surface area contributed by atoms with Gasteiger partial charge >= 0.3 is 0 Å². The van der Waals surface area contributed by atoms with Crippen LogP contribution in [0, 0.1) is 0 Å². The topological polar surface area (TPSA) is 38.7 Å². The minimum absolute atomic E-state index is 0.129. The van der Waals surface area contributed by atoms with Crippen LogP contribution in [0.3, 0.4) is 0 Å². The van der Waals surface area contributed by atoms with Gasteiger partial charge in [-0.05, 0) is 0 Å². The quantitative estimate of drug-likeness (QED) is 0.522. The van der Waals surface area contributed by atoms with Crippen LogP contribution >= 0.6 is 25.3 Å². The Morgan fingerprint density at radius 1 is 1.10 bits per heavy atom. The van der Waals surface area contributed by atoms with Crippen LogP contribution in [0.2, 0.25) is 0 Å². The lowest BCUT2D eigenvalue weighted by molar-refractivity contribution is -0.207. The summed E-state index contributed by atoms with van der Waals surface area (Å²) in [4.78, 5) is 0. The maximum Gasteiger partial charge on any atom is 0.269 e. The predicted molar refractivity (Wildman–Crippen MR) is 43.5 cm³/mol. The lowest BCUT2D eigenvalue weighted by atomic mass is 10.3. The molecule has 5 heteroatoms. The van der Waals surface area contributed by atoms with Crippen LogP contribution in [0.15, 0.2) is 0 Å². The largest absolute Gasteiger partial charge is 0.346 e. The summed E-state index contributed by atoms with van der Waals surface area (Å²) in [5.74, 6) is 1.09. The molecular formula is C5H10O3S2. The average Bonchev–Trinajstić information content (AvgIpc) is 2.30. The molecule has 1 aliphatic heterocycles. The second kappa shape index (κ2) is 3.82. The van der Waals surface area contributed by atoms with Crippen LogP contribution in [0.1, 0.15) is 0 Å². The van der Waals surface area contributed by atoms with Gasteiger partial charge in [0.25, 0.3) is 6.48 Å². The van der Waals surface area contributed by atoms with Gasteiger partial charge in [0.15, 0.2) is 0 Å². The number of hydrogen-bond donors (Lipinski definition) is 3. The molecule has 1 N–H and O–H groups in total. The van der Waals surface area contributed by atoms with Gasteiger partial charge in [-0.25, -0.2) is 0 Å². The monoisotopic (exact) mass is 182 g/mol. The normalized spacial score (nSPS) is 35.1. The third-order valence-electron chi connectivity index (χ3n) is 1.36. The fraction of sp³-hybridized carbons (Fsp3) is 1.00. The van der Waals surface area contributed by atoms with Crippen molar-refractivity contribution in [3.63, 3.8) is 0 Å². The standard InChI is InChI=1S/C5H10O3S2/c6-5-7-3(1-9)4(2-10)8-5/h3-6,9-10H,1-2H2/t3-,4-/m1/s1. The number of ether oxygens (including phenoxy) is 2. The Morgan fingerprint density at radius 3 is 1.80 bits per heavy atom. The van der Waals surface area contributed by atoms with E-state index in [0.717, 1.165) is 0 Å². The molecule has 0 aromatic carbocycles. The van der Waals surface area contributed by atoms with E-state index in [2.05, 4.69) is 25.3 Å². The first kappa shape index (κ1) is 8.67. The summed E-state index contributed by atoms with van der Waals surface area (Å²) in [5.41, 5.74) is 0. The van der Waals surface area contributed by atoms with E-state index in [4.69, 9.17) is 14.6 Å². The van der Waals surface area contributed by atoms with E-state index in [9.17, 15) is 0 Å². The number of hydrogen-bond acceptors (Lipinski definition) is 5. The predicted octanol–water partition coefficient (Wildman–Crippen LogP) is -0.0941. The molecule has 0 radical (unpaired) electrons. The molecule has 0 aromatic heterocycles. The molecule has 0 unspecified atom stereocenters. The van der Waals surface area contributed by atoms with Crippen molar-refractivity contribution in [2.75, 3.05) is 11.5 Å². The van der Waals surface area contributed by atoms with Gasteiger partial charge in [-0.3, -0.25) is 0 Å². The molecule has 1 heterocycles. The molecule has 1 rings (SSSR count). The Hall–Kier alpha value is 0.580. The van der Waals surface area contributed by atoms with Gasteiger partial charge < -0.3 is 14.6 Å². The average molecular weight is 182 g/mol. The summed E-state index contributed by atoms with van der Waals surface area (Å²) >= 11 is 8.04. The third kappa shape index (κ3) is 1.79. The van der Waals surface area contributed by atoms with Crippen LogP contribution in [-0.2, 0) is 9.47 Å². The van der Waals surface area contributed by atoms with Gasteiger partial charge in [-0.2, -0.15) is 25.3 Å². The Morgan fingerprint density at radius 2 is 1.50 bits per heavy atom. The number of aliphatic hydroxyl groups is 1. The summed E-state index contributed by atoms with van der Waals surface area (Å²) in [5, 5.41) is 8.82. The van der Waals surface area contributed by atoms with Crippen molar-refractivity contribution >= 4 is 25.3 Å². The van der Waals surface area contributed by atoms with Crippen molar-refractivity contribution in [1.82, 2.24) is 0 Å². The minimum Gasteiger partial charge on any atom is -0.346 e. The first-order valence-corrected chi connectivity index (χ1v) is 4.25. The van der Waals surface area contributed by atoms with Crippen LogP contribution < -0.4 is 0 Å². The maximum absolute atomic E-state index is 8.82. The fourth-order valence-corrected chi connectivity index (χ4v) is 1.47.